The van der Waals surface area contributed by atoms with Crippen LogP contribution in [0.15, 0.2) is 155 Å². The minimum absolute atomic E-state index is 1.00. The number of thiophene rings is 1. The summed E-state index contributed by atoms with van der Waals surface area (Å²) in [5.41, 5.74) is 13.1. The Morgan fingerprint density at radius 1 is 0.537 bits per heavy atom. The van der Waals surface area contributed by atoms with Gasteiger partial charge in [0.25, 0.3) is 0 Å². The van der Waals surface area contributed by atoms with Crippen molar-refractivity contribution in [3.8, 4) is 11.1 Å². The molecule has 0 unspecified atom stereocenters. The fraction of sp³-hybridized carbons (Fsp3) is 0.176. The Morgan fingerprint density at radius 2 is 1.24 bits per heavy atom. The van der Waals surface area contributed by atoms with Gasteiger partial charge in [0.2, 0.25) is 0 Å². The zero-order valence-corrected chi connectivity index (χ0v) is 31.4. The minimum Gasteiger partial charge on any atom is -0.461 e. The largest absolute Gasteiger partial charge is 0.461 e. The summed E-state index contributed by atoms with van der Waals surface area (Å²) in [6.45, 7) is 2.24. The van der Waals surface area contributed by atoms with Gasteiger partial charge in [-0.05, 0) is 133 Å². The fourth-order valence-electron chi connectivity index (χ4n) is 9.34. The standard InChI is InChI=1S/C51H41NOS/c1-32-14-22-37(23-15-32)52(38-24-16-33(17-25-38)35-21-29-48-46(30-35)42-10-6-7-13-47(42)53-48)39-26-18-34(19-27-39)36-20-28-45-49(31-36)54-51-44-12-5-3-9-41(44)40-8-2-4-11-43(40)50(45)51/h2-5,8-9,11-12,14,16,18-22,24,26-31H,6-7,10,13,15,17,23,25H2,1H3. The molecular weight excluding hydrogens is 675 g/mol. The lowest BCUT2D eigenvalue weighted by atomic mass is 9.91. The first-order valence-corrected chi connectivity index (χ1v) is 20.4. The maximum atomic E-state index is 6.25. The van der Waals surface area contributed by atoms with E-state index in [9.17, 15) is 0 Å². The van der Waals surface area contributed by atoms with Crippen LogP contribution in [0.1, 0.15) is 62.3 Å². The minimum atomic E-state index is 1.00. The Hall–Kier alpha value is -5.64. The summed E-state index contributed by atoms with van der Waals surface area (Å²) in [6, 6.07) is 41.0. The molecule has 8 aromatic rings. The van der Waals surface area contributed by atoms with Crippen LogP contribution < -0.4 is 4.90 Å². The molecule has 6 aromatic carbocycles. The van der Waals surface area contributed by atoms with Crippen molar-refractivity contribution in [1.29, 1.82) is 0 Å². The molecule has 0 N–H and O–H groups in total. The van der Waals surface area contributed by atoms with Gasteiger partial charge < -0.3 is 9.32 Å². The molecule has 0 fully saturated rings. The molecule has 2 heterocycles. The van der Waals surface area contributed by atoms with E-state index in [1.165, 1.54) is 116 Å². The van der Waals surface area contributed by atoms with E-state index in [1.54, 1.807) is 0 Å². The van der Waals surface area contributed by atoms with Gasteiger partial charge in [0, 0.05) is 60.0 Å². The number of furan rings is 1. The Labute approximate surface area is 320 Å². The highest BCUT2D eigenvalue weighted by atomic mass is 32.1. The molecular formula is C51H41NOS. The van der Waals surface area contributed by atoms with Crippen molar-refractivity contribution in [2.75, 3.05) is 4.90 Å². The number of aryl methyl sites for hydroxylation is 2. The van der Waals surface area contributed by atoms with E-state index in [4.69, 9.17) is 4.42 Å². The van der Waals surface area contributed by atoms with E-state index in [0.717, 1.165) is 44.1 Å². The molecule has 262 valence electrons. The van der Waals surface area contributed by atoms with Crippen LogP contribution in [-0.4, -0.2) is 0 Å². The quantitative estimate of drug-likeness (QED) is 0.165. The summed E-state index contributed by atoms with van der Waals surface area (Å²) in [5.74, 6) is 1.21. The average molecular weight is 716 g/mol. The van der Waals surface area contributed by atoms with E-state index in [2.05, 4.69) is 145 Å². The predicted molar refractivity (Wildman–Crippen MR) is 231 cm³/mol. The van der Waals surface area contributed by atoms with Crippen LogP contribution >= 0.6 is 11.3 Å². The number of allylic oxidation sites excluding steroid dienone is 8. The molecule has 3 heteroatoms. The molecule has 54 heavy (non-hydrogen) atoms. The number of fused-ring (bicyclic) bond motifs is 11. The molecule has 11 rings (SSSR count). The summed E-state index contributed by atoms with van der Waals surface area (Å²) in [5, 5.41) is 9.40. The maximum Gasteiger partial charge on any atom is 0.134 e. The highest BCUT2D eigenvalue weighted by Crippen LogP contribution is 2.45. The molecule has 2 nitrogen and oxygen atoms in total. The maximum absolute atomic E-state index is 6.25. The number of anilines is 1. The first-order chi connectivity index (χ1) is 26.7. The fourth-order valence-corrected chi connectivity index (χ4v) is 10.6. The van der Waals surface area contributed by atoms with Crippen LogP contribution in [0.2, 0.25) is 0 Å². The zero-order chi connectivity index (χ0) is 35.8. The third-order valence-corrected chi connectivity index (χ3v) is 13.4. The van der Waals surface area contributed by atoms with Crippen LogP contribution in [0, 0.1) is 0 Å². The number of nitrogens with zero attached hydrogens (tertiary/aromatic N) is 1. The Morgan fingerprint density at radius 3 is 2.02 bits per heavy atom. The van der Waals surface area contributed by atoms with Gasteiger partial charge in [0.1, 0.15) is 11.3 Å². The number of hydrogen-bond acceptors (Lipinski definition) is 3. The van der Waals surface area contributed by atoms with Crippen LogP contribution in [0.3, 0.4) is 0 Å². The topological polar surface area (TPSA) is 16.4 Å². The molecule has 0 atom stereocenters. The second-order valence-electron chi connectivity index (χ2n) is 15.4. The number of benzene rings is 6. The monoisotopic (exact) mass is 715 g/mol. The van der Waals surface area contributed by atoms with Crippen molar-refractivity contribution < 1.29 is 4.42 Å². The summed E-state index contributed by atoms with van der Waals surface area (Å²) in [7, 11) is 0. The van der Waals surface area contributed by atoms with Crippen molar-refractivity contribution in [2.45, 2.75) is 58.3 Å². The third kappa shape index (κ3) is 5.21. The van der Waals surface area contributed by atoms with Crippen molar-refractivity contribution in [1.82, 2.24) is 0 Å². The predicted octanol–water partition coefficient (Wildman–Crippen LogP) is 14.8. The van der Waals surface area contributed by atoms with E-state index in [0.29, 0.717) is 0 Å². The van der Waals surface area contributed by atoms with Gasteiger partial charge in [-0.3, -0.25) is 0 Å². The van der Waals surface area contributed by atoms with Gasteiger partial charge >= 0.3 is 0 Å². The van der Waals surface area contributed by atoms with E-state index >= 15 is 0 Å². The first kappa shape index (κ1) is 31.8. The van der Waals surface area contributed by atoms with Crippen LogP contribution in [0.25, 0.3) is 69.4 Å². The van der Waals surface area contributed by atoms with Gasteiger partial charge in [-0.1, -0.05) is 96.6 Å². The van der Waals surface area contributed by atoms with E-state index in [-0.39, 0.29) is 0 Å². The molecule has 0 spiro atoms. The number of rotatable bonds is 5. The second-order valence-corrected chi connectivity index (χ2v) is 16.5. The van der Waals surface area contributed by atoms with Crippen LogP contribution in [0.4, 0.5) is 5.69 Å². The number of hydrogen-bond donors (Lipinski definition) is 0. The molecule has 0 bridgehead atoms. The van der Waals surface area contributed by atoms with Crippen molar-refractivity contribution in [2.24, 2.45) is 0 Å². The van der Waals surface area contributed by atoms with E-state index in [1.807, 2.05) is 11.3 Å². The van der Waals surface area contributed by atoms with Crippen molar-refractivity contribution >= 4 is 75.3 Å². The molecule has 3 aliphatic carbocycles. The molecule has 0 aliphatic heterocycles. The Kier molecular flexibility index (Phi) is 7.52. The van der Waals surface area contributed by atoms with Crippen LogP contribution in [0.5, 0.6) is 0 Å². The molecule has 0 saturated carbocycles. The Balaban J connectivity index is 0.946. The lowest BCUT2D eigenvalue weighted by Crippen LogP contribution is -2.23. The van der Waals surface area contributed by atoms with Gasteiger partial charge in [-0.25, -0.2) is 0 Å². The lowest BCUT2D eigenvalue weighted by Gasteiger charge is -2.33. The van der Waals surface area contributed by atoms with Crippen LogP contribution in [-0.2, 0) is 12.8 Å². The van der Waals surface area contributed by atoms with E-state index < -0.39 is 0 Å². The molecule has 0 amide bonds. The van der Waals surface area contributed by atoms with Crippen molar-refractivity contribution in [3.05, 3.63) is 167 Å². The smallest absolute Gasteiger partial charge is 0.134 e. The second kappa shape index (κ2) is 12.7. The Bertz CT molecular complexity index is 2940. The SMILES string of the molecule is CC1=CC=C(N(C2=CC=C(c3ccc4oc5c(c4c3)CCCC5)CC2)c2ccc(-c3ccc4c(c3)sc3c5ccccc5c5ccccc5c43)cc2)CC1. The van der Waals surface area contributed by atoms with Gasteiger partial charge in [-0.2, -0.15) is 0 Å². The summed E-state index contributed by atoms with van der Waals surface area (Å²) in [6.07, 6.45) is 18.3. The third-order valence-electron chi connectivity index (χ3n) is 12.2. The highest BCUT2D eigenvalue weighted by molar-refractivity contribution is 7.27. The first-order valence-electron chi connectivity index (χ1n) is 19.6. The summed E-state index contributed by atoms with van der Waals surface area (Å²) >= 11 is 1.93. The summed E-state index contributed by atoms with van der Waals surface area (Å²) < 4.78 is 8.97. The summed E-state index contributed by atoms with van der Waals surface area (Å²) in [4.78, 5) is 2.53. The molecule has 0 radical (unpaired) electrons. The molecule has 2 aromatic heterocycles. The van der Waals surface area contributed by atoms with Gasteiger partial charge in [0.15, 0.2) is 0 Å². The van der Waals surface area contributed by atoms with Gasteiger partial charge in [-0.15, -0.1) is 11.3 Å². The normalized spacial score (nSPS) is 16.1. The highest BCUT2D eigenvalue weighted by Gasteiger charge is 2.23. The zero-order valence-electron chi connectivity index (χ0n) is 30.6. The van der Waals surface area contributed by atoms with Gasteiger partial charge in [0.05, 0.1) is 0 Å². The lowest BCUT2D eigenvalue weighted by molar-refractivity contribution is 0.506. The average Bonchev–Trinajstić information content (AvgIpc) is 3.81. The molecule has 0 saturated heterocycles. The molecule has 3 aliphatic rings. The van der Waals surface area contributed by atoms with Crippen molar-refractivity contribution in [3.63, 3.8) is 0 Å².